The molecule has 5 heteroatoms. The predicted octanol–water partition coefficient (Wildman–Crippen LogP) is 4.38. The highest BCUT2D eigenvalue weighted by atomic mass is 16.5. The largest absolute Gasteiger partial charge is 0.466 e. The van der Waals surface area contributed by atoms with Crippen LogP contribution in [0.25, 0.3) is 0 Å². The minimum Gasteiger partial charge on any atom is -0.466 e. The third-order valence-electron chi connectivity index (χ3n) is 5.13. The maximum atomic E-state index is 13.1. The lowest BCUT2D eigenvalue weighted by molar-refractivity contribution is -0.143. The number of hydrogen-bond donors (Lipinski definition) is 0. The third kappa shape index (κ3) is 5.11. The number of ether oxygens (including phenoxy) is 1. The van der Waals surface area contributed by atoms with Gasteiger partial charge in [-0.25, -0.2) is 0 Å². The van der Waals surface area contributed by atoms with E-state index in [0.29, 0.717) is 19.4 Å². The Labute approximate surface area is 172 Å². The molecule has 0 bridgehead atoms. The first kappa shape index (κ1) is 20.8. The van der Waals surface area contributed by atoms with Crippen molar-refractivity contribution in [3.63, 3.8) is 0 Å². The molecule has 1 heterocycles. The van der Waals surface area contributed by atoms with Gasteiger partial charge in [0.05, 0.1) is 18.0 Å². The Hall–Kier alpha value is -2.95. The monoisotopic (exact) mass is 392 g/mol. The van der Waals surface area contributed by atoms with Crippen LogP contribution in [0.15, 0.2) is 59.6 Å². The molecule has 0 fully saturated rings. The van der Waals surface area contributed by atoms with Gasteiger partial charge in [0.15, 0.2) is 0 Å². The summed E-state index contributed by atoms with van der Waals surface area (Å²) in [5.41, 5.74) is 3.72. The maximum Gasteiger partial charge on any atom is 0.305 e. The summed E-state index contributed by atoms with van der Waals surface area (Å²) in [5, 5.41) is 0. The van der Waals surface area contributed by atoms with Crippen molar-refractivity contribution in [3.05, 3.63) is 65.7 Å². The zero-order chi connectivity index (χ0) is 20.6. The van der Waals surface area contributed by atoms with E-state index >= 15 is 0 Å². The van der Waals surface area contributed by atoms with Crippen LogP contribution in [-0.4, -0.2) is 37.3 Å². The molecular weight excluding hydrogens is 364 g/mol. The molecule has 0 aromatic heterocycles. The van der Waals surface area contributed by atoms with Crippen molar-refractivity contribution in [1.29, 1.82) is 0 Å². The molecule has 1 amide bonds. The number of esters is 1. The van der Waals surface area contributed by atoms with Crippen molar-refractivity contribution < 1.29 is 14.3 Å². The molecule has 5 nitrogen and oxygen atoms in total. The van der Waals surface area contributed by atoms with Crippen LogP contribution in [0, 0.1) is 0 Å². The summed E-state index contributed by atoms with van der Waals surface area (Å²) in [4.78, 5) is 31.2. The standard InChI is InChI=1S/C24H28N2O3/c1-3-29-22(27)17-9-5-8-15-20-24(28)26(2)21-16-11-10-14-19(21)23(25-20)18-12-6-4-7-13-18/h4,6-7,10-14,16,20H,3,5,8-9,15,17H2,1-2H3. The normalized spacial score (nSPS) is 16.1. The Morgan fingerprint density at radius 2 is 1.76 bits per heavy atom. The average Bonchev–Trinajstić information content (AvgIpc) is 2.85. The first-order chi connectivity index (χ1) is 14.1. The van der Waals surface area contributed by atoms with E-state index in [1.54, 1.807) is 4.90 Å². The van der Waals surface area contributed by atoms with Crippen molar-refractivity contribution >= 4 is 23.3 Å². The molecule has 0 radical (unpaired) electrons. The van der Waals surface area contributed by atoms with Gasteiger partial charge in [-0.1, -0.05) is 61.4 Å². The molecule has 3 rings (SSSR count). The SMILES string of the molecule is CCOC(=O)CCCCCC1N=C(c2ccccc2)c2ccccc2N(C)C1=O. The van der Waals surface area contributed by atoms with Gasteiger partial charge in [0, 0.05) is 24.6 Å². The molecule has 2 aromatic rings. The van der Waals surface area contributed by atoms with Gasteiger partial charge in [0.1, 0.15) is 6.04 Å². The number of aliphatic imine (C=N–C) groups is 1. The molecule has 0 N–H and O–H groups in total. The summed E-state index contributed by atoms with van der Waals surface area (Å²) in [6, 6.07) is 17.5. The number of amides is 1. The average molecular weight is 392 g/mol. The number of nitrogens with zero attached hydrogens (tertiary/aromatic N) is 2. The fourth-order valence-electron chi connectivity index (χ4n) is 3.62. The zero-order valence-electron chi connectivity index (χ0n) is 17.1. The van der Waals surface area contributed by atoms with Gasteiger partial charge < -0.3 is 9.64 Å². The van der Waals surface area contributed by atoms with Crippen LogP contribution < -0.4 is 4.90 Å². The fourth-order valence-corrected chi connectivity index (χ4v) is 3.62. The topological polar surface area (TPSA) is 59.0 Å². The van der Waals surface area contributed by atoms with Crippen molar-refractivity contribution in [2.45, 2.75) is 45.1 Å². The number of para-hydroxylation sites is 1. The Morgan fingerprint density at radius 3 is 2.52 bits per heavy atom. The minimum absolute atomic E-state index is 0.00812. The minimum atomic E-state index is -0.426. The highest BCUT2D eigenvalue weighted by molar-refractivity contribution is 6.20. The molecule has 2 aromatic carbocycles. The summed E-state index contributed by atoms with van der Waals surface area (Å²) in [6.45, 7) is 2.23. The molecule has 0 spiro atoms. The molecule has 0 aliphatic carbocycles. The third-order valence-corrected chi connectivity index (χ3v) is 5.13. The maximum absolute atomic E-state index is 13.1. The van der Waals surface area contributed by atoms with Gasteiger partial charge >= 0.3 is 5.97 Å². The van der Waals surface area contributed by atoms with E-state index in [2.05, 4.69) is 0 Å². The summed E-state index contributed by atoms with van der Waals surface area (Å²) < 4.78 is 4.96. The van der Waals surface area contributed by atoms with Gasteiger partial charge in [0.2, 0.25) is 0 Å². The Bertz CT molecular complexity index is 877. The number of hydrogen-bond acceptors (Lipinski definition) is 4. The lowest BCUT2D eigenvalue weighted by Crippen LogP contribution is -2.34. The van der Waals surface area contributed by atoms with Gasteiger partial charge in [-0.05, 0) is 25.8 Å². The number of rotatable bonds is 8. The molecule has 0 saturated carbocycles. The lowest BCUT2D eigenvalue weighted by atomic mass is 10.0. The molecular formula is C24H28N2O3. The van der Waals surface area contributed by atoms with Gasteiger partial charge in [-0.15, -0.1) is 0 Å². The van der Waals surface area contributed by atoms with Crippen LogP contribution in [0.1, 0.15) is 50.2 Å². The number of anilines is 1. The van der Waals surface area contributed by atoms with E-state index in [9.17, 15) is 9.59 Å². The van der Waals surface area contributed by atoms with Crippen molar-refractivity contribution in [2.24, 2.45) is 4.99 Å². The molecule has 1 aliphatic rings. The predicted molar refractivity (Wildman–Crippen MR) is 115 cm³/mol. The van der Waals surface area contributed by atoms with Gasteiger partial charge in [0.25, 0.3) is 5.91 Å². The quantitative estimate of drug-likeness (QED) is 0.495. The second-order valence-electron chi connectivity index (χ2n) is 7.18. The molecule has 1 atom stereocenters. The molecule has 1 unspecified atom stereocenters. The van der Waals surface area contributed by atoms with E-state index in [0.717, 1.165) is 41.8 Å². The number of fused-ring (bicyclic) bond motifs is 1. The Balaban J connectivity index is 1.77. The second kappa shape index (κ2) is 10.0. The van der Waals surface area contributed by atoms with Crippen molar-refractivity contribution in [2.75, 3.05) is 18.6 Å². The molecule has 152 valence electrons. The number of carbonyl (C=O) groups is 2. The van der Waals surface area contributed by atoms with E-state index in [1.165, 1.54) is 0 Å². The second-order valence-corrected chi connectivity index (χ2v) is 7.18. The smallest absolute Gasteiger partial charge is 0.305 e. The summed E-state index contributed by atoms with van der Waals surface area (Å²) in [7, 11) is 1.82. The van der Waals surface area contributed by atoms with E-state index in [-0.39, 0.29) is 11.9 Å². The summed E-state index contributed by atoms with van der Waals surface area (Å²) in [5.74, 6) is -0.147. The first-order valence-corrected chi connectivity index (χ1v) is 10.3. The molecule has 29 heavy (non-hydrogen) atoms. The fraction of sp³-hybridized carbons (Fsp3) is 0.375. The van der Waals surface area contributed by atoms with E-state index in [4.69, 9.17) is 9.73 Å². The number of unbranched alkanes of at least 4 members (excludes halogenated alkanes) is 2. The van der Waals surface area contributed by atoms with Gasteiger partial charge in [-0.3, -0.25) is 14.6 Å². The zero-order valence-corrected chi connectivity index (χ0v) is 17.1. The van der Waals surface area contributed by atoms with Gasteiger partial charge in [-0.2, -0.15) is 0 Å². The highest BCUT2D eigenvalue weighted by Crippen LogP contribution is 2.28. The number of benzodiazepines with no additional fused rings is 1. The Kier molecular flexibility index (Phi) is 7.17. The van der Waals surface area contributed by atoms with Crippen LogP contribution in [0.5, 0.6) is 0 Å². The van der Waals surface area contributed by atoms with Crippen LogP contribution in [0.4, 0.5) is 5.69 Å². The number of benzene rings is 2. The van der Waals surface area contributed by atoms with E-state index < -0.39 is 6.04 Å². The molecule has 0 saturated heterocycles. The van der Waals surface area contributed by atoms with Crippen LogP contribution in [-0.2, 0) is 14.3 Å². The summed E-state index contributed by atoms with van der Waals surface area (Å²) in [6.07, 6.45) is 3.57. The lowest BCUT2D eigenvalue weighted by Gasteiger charge is -2.20. The van der Waals surface area contributed by atoms with Crippen LogP contribution in [0.2, 0.25) is 0 Å². The van der Waals surface area contributed by atoms with E-state index in [1.807, 2.05) is 68.6 Å². The first-order valence-electron chi connectivity index (χ1n) is 10.3. The van der Waals surface area contributed by atoms with Crippen LogP contribution in [0.3, 0.4) is 0 Å². The van der Waals surface area contributed by atoms with Crippen LogP contribution >= 0.6 is 0 Å². The van der Waals surface area contributed by atoms with Crippen molar-refractivity contribution in [3.8, 4) is 0 Å². The Morgan fingerprint density at radius 1 is 1.03 bits per heavy atom. The molecule has 1 aliphatic heterocycles. The number of carbonyl (C=O) groups excluding carboxylic acids is 2. The summed E-state index contributed by atoms with van der Waals surface area (Å²) >= 11 is 0. The highest BCUT2D eigenvalue weighted by Gasteiger charge is 2.29. The number of likely N-dealkylation sites (N-methyl/N-ethyl adjacent to an activating group) is 1. The van der Waals surface area contributed by atoms with Crippen molar-refractivity contribution in [1.82, 2.24) is 0 Å².